The predicted molar refractivity (Wildman–Crippen MR) is 151 cm³/mol. The Morgan fingerprint density at radius 2 is 1.55 bits per heavy atom. The number of carboxylic acids is 1. The van der Waals surface area contributed by atoms with E-state index in [1.165, 1.54) is 6.07 Å². The highest BCUT2D eigenvalue weighted by Gasteiger charge is 2.33. The van der Waals surface area contributed by atoms with Gasteiger partial charge in [0.1, 0.15) is 0 Å². The molecule has 0 fully saturated rings. The maximum Gasteiger partial charge on any atom is 0.418 e. The highest BCUT2D eigenvalue weighted by atomic mass is 19.4. The fourth-order valence-electron chi connectivity index (χ4n) is 4.98. The van der Waals surface area contributed by atoms with Gasteiger partial charge in [-0.2, -0.15) is 13.2 Å². The average Bonchev–Trinajstić information content (AvgIpc) is 2.93. The molecule has 5 aromatic rings. The lowest BCUT2D eigenvalue weighted by Gasteiger charge is -2.22. The number of halogens is 3. The van der Waals surface area contributed by atoms with Gasteiger partial charge in [0.25, 0.3) is 0 Å². The predicted octanol–water partition coefficient (Wildman–Crippen LogP) is 7.77. The molecule has 202 valence electrons. The molecule has 1 heterocycles. The van der Waals surface area contributed by atoms with Crippen LogP contribution >= 0.6 is 0 Å². The van der Waals surface area contributed by atoms with Crippen molar-refractivity contribution in [2.24, 2.45) is 0 Å². The number of hydrogen-bond donors (Lipinski definition) is 1. The van der Waals surface area contributed by atoms with Gasteiger partial charge in [-0.25, -0.2) is 0 Å². The lowest BCUT2D eigenvalue weighted by atomic mass is 9.91. The number of aliphatic carboxylic acids is 1. The minimum Gasteiger partial charge on any atom is -0.481 e. The van der Waals surface area contributed by atoms with Crippen LogP contribution in [0.5, 0.6) is 0 Å². The number of pyridine rings is 1. The molecule has 0 atom stereocenters. The third-order valence-electron chi connectivity index (χ3n) is 6.89. The van der Waals surface area contributed by atoms with Crippen LogP contribution in [0.1, 0.15) is 27.8 Å². The van der Waals surface area contributed by atoms with Gasteiger partial charge >= 0.3 is 12.1 Å². The van der Waals surface area contributed by atoms with Crippen LogP contribution in [0.2, 0.25) is 0 Å². The number of anilines is 1. The number of alkyl halides is 3. The van der Waals surface area contributed by atoms with Gasteiger partial charge in [0.15, 0.2) is 0 Å². The number of hydrogen-bond acceptors (Lipinski definition) is 3. The fraction of sp³-hybridized carbons (Fsp3) is 0.152. The molecule has 0 amide bonds. The summed E-state index contributed by atoms with van der Waals surface area (Å²) >= 11 is 0. The number of benzene rings is 4. The highest BCUT2D eigenvalue weighted by molar-refractivity contribution is 5.98. The summed E-state index contributed by atoms with van der Waals surface area (Å²) in [6.45, 7) is 0.572. The van der Waals surface area contributed by atoms with E-state index in [1.54, 1.807) is 12.3 Å². The van der Waals surface area contributed by atoms with E-state index < -0.39 is 17.7 Å². The minimum atomic E-state index is -4.52. The second-order valence-corrected chi connectivity index (χ2v) is 9.81. The Morgan fingerprint density at radius 1 is 0.850 bits per heavy atom. The third-order valence-corrected chi connectivity index (χ3v) is 6.89. The molecule has 1 aromatic heterocycles. The Morgan fingerprint density at radius 3 is 2.25 bits per heavy atom. The van der Waals surface area contributed by atoms with Crippen LogP contribution in [0.3, 0.4) is 0 Å². The van der Waals surface area contributed by atoms with Crippen LogP contribution < -0.4 is 4.90 Å². The second kappa shape index (κ2) is 11.2. The van der Waals surface area contributed by atoms with Gasteiger partial charge in [-0.15, -0.1) is 0 Å². The number of rotatable bonds is 8. The standard InChI is InChI=1S/C33H27F3N2O2/c1-38(21-24-15-13-23(14-16-24)18-30(39)40)27-10-5-9-25(19-27)31-26(17-22-7-3-2-4-8-22)20-37-32-28(31)11-6-12-29(32)33(34,35)36/h2-16,19-20H,17-18,21H2,1H3,(H,39,40). The van der Waals surface area contributed by atoms with E-state index in [0.29, 0.717) is 18.4 Å². The summed E-state index contributed by atoms with van der Waals surface area (Å²) in [6, 6.07) is 29.2. The van der Waals surface area contributed by atoms with Crippen molar-refractivity contribution in [1.29, 1.82) is 0 Å². The normalized spacial score (nSPS) is 11.5. The highest BCUT2D eigenvalue weighted by Crippen LogP contribution is 2.39. The first-order valence-corrected chi connectivity index (χ1v) is 12.8. The largest absolute Gasteiger partial charge is 0.481 e. The molecule has 0 bridgehead atoms. The molecule has 4 aromatic carbocycles. The zero-order valence-corrected chi connectivity index (χ0v) is 21.8. The molecule has 0 radical (unpaired) electrons. The van der Waals surface area contributed by atoms with Crippen molar-refractivity contribution in [3.63, 3.8) is 0 Å². The average molecular weight is 541 g/mol. The second-order valence-electron chi connectivity index (χ2n) is 9.81. The van der Waals surface area contributed by atoms with Crippen molar-refractivity contribution in [1.82, 2.24) is 4.98 Å². The summed E-state index contributed by atoms with van der Waals surface area (Å²) in [5, 5.41) is 9.46. The maximum atomic E-state index is 13.9. The van der Waals surface area contributed by atoms with Crippen molar-refractivity contribution in [2.45, 2.75) is 25.6 Å². The molecule has 0 unspecified atom stereocenters. The quantitative estimate of drug-likeness (QED) is 0.218. The van der Waals surface area contributed by atoms with E-state index in [4.69, 9.17) is 5.11 Å². The van der Waals surface area contributed by atoms with Crippen LogP contribution in [0.15, 0.2) is 103 Å². The lowest BCUT2D eigenvalue weighted by Crippen LogP contribution is -2.16. The lowest BCUT2D eigenvalue weighted by molar-refractivity contribution is -0.137. The van der Waals surface area contributed by atoms with Crippen molar-refractivity contribution >= 4 is 22.6 Å². The summed E-state index contributed by atoms with van der Waals surface area (Å²) in [5.74, 6) is -0.876. The van der Waals surface area contributed by atoms with Crippen molar-refractivity contribution in [3.8, 4) is 11.1 Å². The molecule has 0 spiro atoms. The molecule has 0 saturated carbocycles. The first kappa shape index (κ1) is 26.9. The van der Waals surface area contributed by atoms with Crippen molar-refractivity contribution in [2.75, 3.05) is 11.9 Å². The van der Waals surface area contributed by atoms with Gasteiger partial charge in [-0.05, 0) is 58.0 Å². The molecule has 1 N–H and O–H groups in total. The van der Waals surface area contributed by atoms with Crippen LogP contribution in [0.4, 0.5) is 18.9 Å². The van der Waals surface area contributed by atoms with E-state index in [-0.39, 0.29) is 11.9 Å². The number of carboxylic acid groups (broad SMARTS) is 1. The van der Waals surface area contributed by atoms with Gasteiger partial charge in [-0.3, -0.25) is 9.78 Å². The molecule has 7 heteroatoms. The van der Waals surface area contributed by atoms with Gasteiger partial charge in [0, 0.05) is 30.9 Å². The minimum absolute atomic E-state index is 0.0284. The SMILES string of the molecule is CN(Cc1ccc(CC(=O)O)cc1)c1cccc(-c2c(Cc3ccccc3)cnc3c(C(F)(F)F)cccc23)c1. The zero-order chi connectivity index (χ0) is 28.3. The number of para-hydroxylation sites is 1. The summed E-state index contributed by atoms with van der Waals surface area (Å²) in [7, 11) is 1.95. The Balaban J connectivity index is 1.55. The molecule has 0 saturated heterocycles. The van der Waals surface area contributed by atoms with E-state index in [1.807, 2.05) is 85.9 Å². The molecule has 5 rings (SSSR count). The monoisotopic (exact) mass is 540 g/mol. The number of aromatic nitrogens is 1. The number of fused-ring (bicyclic) bond motifs is 1. The van der Waals surface area contributed by atoms with Crippen molar-refractivity contribution < 1.29 is 23.1 Å². The summed E-state index contributed by atoms with van der Waals surface area (Å²) in [6.07, 6.45) is -2.46. The molecule has 4 nitrogen and oxygen atoms in total. The van der Waals surface area contributed by atoms with E-state index in [2.05, 4.69) is 9.88 Å². The topological polar surface area (TPSA) is 53.4 Å². The first-order chi connectivity index (χ1) is 19.2. The Labute approximate surface area is 230 Å². The van der Waals surface area contributed by atoms with E-state index in [9.17, 15) is 18.0 Å². The summed E-state index contributed by atoms with van der Waals surface area (Å²) in [4.78, 5) is 17.3. The fourth-order valence-corrected chi connectivity index (χ4v) is 4.98. The molecular weight excluding hydrogens is 513 g/mol. The first-order valence-electron chi connectivity index (χ1n) is 12.8. The third kappa shape index (κ3) is 5.99. The Hall–Kier alpha value is -4.65. The molecule has 0 aliphatic carbocycles. The van der Waals surface area contributed by atoms with Gasteiger partial charge in [-0.1, -0.05) is 78.9 Å². The molecule has 0 aliphatic rings. The Kier molecular flexibility index (Phi) is 7.56. The van der Waals surface area contributed by atoms with Gasteiger partial charge < -0.3 is 10.0 Å². The smallest absolute Gasteiger partial charge is 0.418 e. The van der Waals surface area contributed by atoms with Crippen LogP contribution in [0, 0.1) is 0 Å². The van der Waals surface area contributed by atoms with Crippen LogP contribution in [0.25, 0.3) is 22.0 Å². The zero-order valence-electron chi connectivity index (χ0n) is 21.8. The van der Waals surface area contributed by atoms with Crippen LogP contribution in [-0.4, -0.2) is 23.1 Å². The van der Waals surface area contributed by atoms with E-state index >= 15 is 0 Å². The van der Waals surface area contributed by atoms with Gasteiger partial charge in [0.2, 0.25) is 0 Å². The number of nitrogens with zero attached hydrogens (tertiary/aromatic N) is 2. The summed E-state index contributed by atoms with van der Waals surface area (Å²) < 4.78 is 41.7. The molecule has 0 aliphatic heterocycles. The van der Waals surface area contributed by atoms with Gasteiger partial charge in [0.05, 0.1) is 17.5 Å². The number of carbonyl (C=O) groups is 1. The maximum absolute atomic E-state index is 13.9. The molecular formula is C33H27F3N2O2. The van der Waals surface area contributed by atoms with E-state index in [0.717, 1.165) is 45.1 Å². The summed E-state index contributed by atoms with van der Waals surface area (Å²) in [5.41, 5.74) is 5.23. The Bertz CT molecular complexity index is 1650. The van der Waals surface area contributed by atoms with Crippen LogP contribution in [-0.2, 0) is 30.4 Å². The van der Waals surface area contributed by atoms with Crippen molar-refractivity contribution in [3.05, 3.63) is 131 Å². The molecule has 40 heavy (non-hydrogen) atoms.